The van der Waals surface area contributed by atoms with Crippen molar-refractivity contribution in [3.63, 3.8) is 0 Å². The Balaban J connectivity index is 2.08. The van der Waals surface area contributed by atoms with Gasteiger partial charge in [0.25, 0.3) is 0 Å². The Kier molecular flexibility index (Phi) is 4.39. The van der Waals surface area contributed by atoms with Crippen LogP contribution in [0.15, 0.2) is 18.2 Å². The summed E-state index contributed by atoms with van der Waals surface area (Å²) in [6.45, 7) is 8.23. The molecule has 102 valence electrons. The number of hydrogen-bond acceptors (Lipinski definition) is 3. The summed E-state index contributed by atoms with van der Waals surface area (Å²) in [6, 6.07) is 7.14. The highest BCUT2D eigenvalue weighted by atomic mass is 19.1. The number of benzene rings is 1. The first-order chi connectivity index (χ1) is 9.15. The third-order valence-electron chi connectivity index (χ3n) is 3.95. The lowest BCUT2D eigenvalue weighted by molar-refractivity contribution is 0.193. The van der Waals surface area contributed by atoms with Crippen molar-refractivity contribution in [2.75, 3.05) is 31.1 Å². The topological polar surface area (TPSA) is 30.3 Å². The zero-order valence-electron chi connectivity index (χ0n) is 11.6. The standard InChI is InChI=1S/C15H20FN3/c1-3-12(2)18-6-8-19(9-7-18)15-5-4-14(16)10-13(15)11-17/h4-5,10,12H,3,6-9H2,1-2H3. The van der Waals surface area contributed by atoms with E-state index in [2.05, 4.69) is 29.7 Å². The van der Waals surface area contributed by atoms with E-state index in [0.717, 1.165) is 38.3 Å². The number of nitrogens with zero attached hydrogens (tertiary/aromatic N) is 3. The van der Waals surface area contributed by atoms with Gasteiger partial charge < -0.3 is 4.90 Å². The molecule has 0 aliphatic carbocycles. The molecule has 3 nitrogen and oxygen atoms in total. The van der Waals surface area contributed by atoms with Crippen LogP contribution in [0.3, 0.4) is 0 Å². The van der Waals surface area contributed by atoms with Crippen molar-refractivity contribution in [1.29, 1.82) is 5.26 Å². The lowest BCUT2D eigenvalue weighted by Gasteiger charge is -2.39. The van der Waals surface area contributed by atoms with Crippen molar-refractivity contribution < 1.29 is 4.39 Å². The van der Waals surface area contributed by atoms with Crippen LogP contribution in [-0.4, -0.2) is 37.1 Å². The van der Waals surface area contributed by atoms with Gasteiger partial charge in [-0.2, -0.15) is 5.26 Å². The largest absolute Gasteiger partial charge is 0.368 e. The molecule has 1 fully saturated rings. The van der Waals surface area contributed by atoms with Gasteiger partial charge in [-0.1, -0.05) is 6.92 Å². The molecule has 4 heteroatoms. The second kappa shape index (κ2) is 6.03. The fourth-order valence-electron chi connectivity index (χ4n) is 2.54. The monoisotopic (exact) mass is 261 g/mol. The number of halogens is 1. The summed E-state index contributed by atoms with van der Waals surface area (Å²) in [5, 5.41) is 9.10. The maximum Gasteiger partial charge on any atom is 0.124 e. The molecule has 1 saturated heterocycles. The van der Waals surface area contributed by atoms with Crippen LogP contribution >= 0.6 is 0 Å². The minimum atomic E-state index is -0.349. The van der Waals surface area contributed by atoms with Crippen LogP contribution in [0.1, 0.15) is 25.8 Å². The minimum Gasteiger partial charge on any atom is -0.368 e. The molecular formula is C15H20FN3. The Hall–Kier alpha value is -1.60. The van der Waals surface area contributed by atoms with Gasteiger partial charge >= 0.3 is 0 Å². The number of hydrogen-bond donors (Lipinski definition) is 0. The lowest BCUT2D eigenvalue weighted by Crippen LogP contribution is -2.49. The van der Waals surface area contributed by atoms with Crippen molar-refractivity contribution in [1.82, 2.24) is 4.90 Å². The van der Waals surface area contributed by atoms with E-state index in [0.29, 0.717) is 11.6 Å². The van der Waals surface area contributed by atoms with Gasteiger partial charge in [0.1, 0.15) is 11.9 Å². The van der Waals surface area contributed by atoms with Crippen molar-refractivity contribution in [2.45, 2.75) is 26.3 Å². The van der Waals surface area contributed by atoms with Crippen LogP contribution in [0.25, 0.3) is 0 Å². The SMILES string of the molecule is CCC(C)N1CCN(c2ccc(F)cc2C#N)CC1. The molecule has 1 heterocycles. The molecule has 0 bridgehead atoms. The third-order valence-corrected chi connectivity index (χ3v) is 3.95. The Morgan fingerprint density at radius 2 is 2.00 bits per heavy atom. The Bertz CT molecular complexity index is 473. The fraction of sp³-hybridized carbons (Fsp3) is 0.533. The summed E-state index contributed by atoms with van der Waals surface area (Å²) in [6.07, 6.45) is 1.15. The summed E-state index contributed by atoms with van der Waals surface area (Å²) >= 11 is 0. The molecule has 1 aromatic rings. The van der Waals surface area contributed by atoms with Crippen LogP contribution in [-0.2, 0) is 0 Å². The van der Waals surface area contributed by atoms with Crippen molar-refractivity contribution in [3.05, 3.63) is 29.6 Å². The number of nitriles is 1. The van der Waals surface area contributed by atoms with E-state index in [1.54, 1.807) is 6.07 Å². The highest BCUT2D eigenvalue weighted by Gasteiger charge is 2.21. The van der Waals surface area contributed by atoms with Crippen molar-refractivity contribution in [2.24, 2.45) is 0 Å². The first-order valence-corrected chi connectivity index (χ1v) is 6.84. The van der Waals surface area contributed by atoms with Gasteiger partial charge in [-0.05, 0) is 31.5 Å². The number of piperazine rings is 1. The van der Waals surface area contributed by atoms with Crippen molar-refractivity contribution in [3.8, 4) is 6.07 Å². The maximum absolute atomic E-state index is 13.1. The maximum atomic E-state index is 13.1. The smallest absolute Gasteiger partial charge is 0.124 e. The van der Waals surface area contributed by atoms with Gasteiger partial charge in [-0.15, -0.1) is 0 Å². The molecule has 1 atom stereocenters. The average molecular weight is 261 g/mol. The first-order valence-electron chi connectivity index (χ1n) is 6.84. The second-order valence-corrected chi connectivity index (χ2v) is 5.05. The van der Waals surface area contributed by atoms with E-state index < -0.39 is 0 Å². The normalized spacial score (nSPS) is 18.1. The van der Waals surface area contributed by atoms with E-state index in [9.17, 15) is 4.39 Å². The quantitative estimate of drug-likeness (QED) is 0.838. The molecular weight excluding hydrogens is 241 g/mol. The van der Waals surface area contributed by atoms with Gasteiger partial charge in [-0.3, -0.25) is 4.90 Å². The molecule has 0 spiro atoms. The Morgan fingerprint density at radius 1 is 1.32 bits per heavy atom. The van der Waals surface area contributed by atoms with Crippen LogP contribution in [0.5, 0.6) is 0 Å². The molecule has 0 saturated carbocycles. The second-order valence-electron chi connectivity index (χ2n) is 5.05. The zero-order chi connectivity index (χ0) is 13.8. The van der Waals surface area contributed by atoms with E-state index in [-0.39, 0.29) is 5.82 Å². The van der Waals surface area contributed by atoms with Crippen LogP contribution in [0, 0.1) is 17.1 Å². The van der Waals surface area contributed by atoms with Gasteiger partial charge in [0.15, 0.2) is 0 Å². The molecule has 1 unspecified atom stereocenters. The Labute approximate surface area is 114 Å². The van der Waals surface area contributed by atoms with Gasteiger partial charge in [-0.25, -0.2) is 4.39 Å². The summed E-state index contributed by atoms with van der Waals surface area (Å²) in [5.74, 6) is -0.349. The highest BCUT2D eigenvalue weighted by Crippen LogP contribution is 2.23. The summed E-state index contributed by atoms with van der Waals surface area (Å²) < 4.78 is 13.1. The lowest BCUT2D eigenvalue weighted by atomic mass is 10.1. The van der Waals surface area contributed by atoms with Gasteiger partial charge in [0, 0.05) is 32.2 Å². The van der Waals surface area contributed by atoms with Gasteiger partial charge in [0.2, 0.25) is 0 Å². The van der Waals surface area contributed by atoms with E-state index in [1.165, 1.54) is 12.1 Å². The predicted molar refractivity (Wildman–Crippen MR) is 74.7 cm³/mol. The van der Waals surface area contributed by atoms with Crippen LogP contribution in [0.2, 0.25) is 0 Å². The minimum absolute atomic E-state index is 0.349. The molecule has 0 radical (unpaired) electrons. The van der Waals surface area contributed by atoms with Gasteiger partial charge in [0.05, 0.1) is 11.3 Å². The molecule has 0 N–H and O–H groups in total. The molecule has 0 aromatic heterocycles. The molecule has 0 amide bonds. The number of rotatable bonds is 3. The molecule has 1 aliphatic rings. The molecule has 2 rings (SSSR count). The first kappa shape index (κ1) is 13.8. The Morgan fingerprint density at radius 3 is 2.58 bits per heavy atom. The predicted octanol–water partition coefficient (Wildman–Crippen LogP) is 2.62. The summed E-state index contributed by atoms with van der Waals surface area (Å²) in [4.78, 5) is 4.64. The summed E-state index contributed by atoms with van der Waals surface area (Å²) in [5.41, 5.74) is 1.28. The van der Waals surface area contributed by atoms with E-state index in [1.807, 2.05) is 0 Å². The van der Waals surface area contributed by atoms with Crippen LogP contribution in [0.4, 0.5) is 10.1 Å². The zero-order valence-corrected chi connectivity index (χ0v) is 11.6. The van der Waals surface area contributed by atoms with E-state index in [4.69, 9.17) is 5.26 Å². The molecule has 19 heavy (non-hydrogen) atoms. The highest BCUT2D eigenvalue weighted by molar-refractivity contribution is 5.59. The summed E-state index contributed by atoms with van der Waals surface area (Å²) in [7, 11) is 0. The van der Waals surface area contributed by atoms with Crippen LogP contribution < -0.4 is 4.90 Å². The third kappa shape index (κ3) is 3.05. The fourth-order valence-corrected chi connectivity index (χ4v) is 2.54. The molecule has 1 aromatic carbocycles. The average Bonchev–Trinajstić information content (AvgIpc) is 2.46. The molecule has 1 aliphatic heterocycles. The van der Waals surface area contributed by atoms with E-state index >= 15 is 0 Å². The van der Waals surface area contributed by atoms with Crippen molar-refractivity contribution >= 4 is 5.69 Å². The number of anilines is 1.